The number of aliphatic carboxylic acids is 1. The SMILES string of the molecule is N=C(N)NC1(C(=O)O)CCCC([N+](=O)[O-])C1. The molecular weight excluding hydrogens is 216 g/mol. The smallest absolute Gasteiger partial charge is 0.329 e. The van der Waals surface area contributed by atoms with Crippen LogP contribution >= 0.6 is 0 Å². The van der Waals surface area contributed by atoms with Crippen LogP contribution in [0.2, 0.25) is 0 Å². The quantitative estimate of drug-likeness (QED) is 0.223. The topological polar surface area (TPSA) is 142 Å². The van der Waals surface area contributed by atoms with E-state index in [2.05, 4.69) is 5.32 Å². The van der Waals surface area contributed by atoms with Gasteiger partial charge in [-0.25, -0.2) is 4.79 Å². The van der Waals surface area contributed by atoms with Crippen LogP contribution in [0.15, 0.2) is 0 Å². The van der Waals surface area contributed by atoms with Gasteiger partial charge in [-0.1, -0.05) is 0 Å². The molecular formula is C8H14N4O4. The standard InChI is InChI=1S/C8H14N4O4/c9-7(10)11-8(6(13)14)3-1-2-5(4-8)12(15)16/h5H,1-4H2,(H,13,14)(H4,9,10,11). The summed E-state index contributed by atoms with van der Waals surface area (Å²) in [4.78, 5) is 21.3. The van der Waals surface area contributed by atoms with Crippen LogP contribution in [0.1, 0.15) is 25.7 Å². The highest BCUT2D eigenvalue weighted by atomic mass is 16.6. The fourth-order valence-electron chi connectivity index (χ4n) is 2.04. The van der Waals surface area contributed by atoms with E-state index in [-0.39, 0.29) is 12.8 Å². The Hall–Kier alpha value is -1.86. The van der Waals surface area contributed by atoms with E-state index in [4.69, 9.17) is 16.2 Å². The van der Waals surface area contributed by atoms with Gasteiger partial charge in [0.15, 0.2) is 5.96 Å². The summed E-state index contributed by atoms with van der Waals surface area (Å²) in [5, 5.41) is 29.1. The monoisotopic (exact) mass is 230 g/mol. The molecule has 1 saturated carbocycles. The second kappa shape index (κ2) is 4.33. The van der Waals surface area contributed by atoms with Crippen molar-refractivity contribution in [1.29, 1.82) is 5.41 Å². The molecule has 0 aromatic carbocycles. The predicted molar refractivity (Wildman–Crippen MR) is 54.7 cm³/mol. The number of guanidine groups is 1. The number of carboxylic acid groups (broad SMARTS) is 1. The number of hydrogen-bond acceptors (Lipinski definition) is 4. The van der Waals surface area contributed by atoms with Crippen LogP contribution in [0.4, 0.5) is 0 Å². The Morgan fingerprint density at radius 3 is 2.75 bits per heavy atom. The van der Waals surface area contributed by atoms with Gasteiger partial charge in [0, 0.05) is 17.8 Å². The summed E-state index contributed by atoms with van der Waals surface area (Å²) in [5.41, 5.74) is 3.64. The number of nitrogens with two attached hydrogens (primary N) is 1. The van der Waals surface area contributed by atoms with Crippen LogP contribution < -0.4 is 11.1 Å². The lowest BCUT2D eigenvalue weighted by molar-refractivity contribution is -0.527. The van der Waals surface area contributed by atoms with Crippen molar-refractivity contribution in [3.63, 3.8) is 0 Å². The van der Waals surface area contributed by atoms with Crippen molar-refractivity contribution in [2.24, 2.45) is 5.73 Å². The number of rotatable bonds is 3. The summed E-state index contributed by atoms with van der Waals surface area (Å²) >= 11 is 0. The van der Waals surface area contributed by atoms with Gasteiger partial charge >= 0.3 is 5.97 Å². The summed E-state index contributed by atoms with van der Waals surface area (Å²) in [5.74, 6) is -1.68. The van der Waals surface area contributed by atoms with E-state index in [9.17, 15) is 14.9 Å². The summed E-state index contributed by atoms with van der Waals surface area (Å²) in [6.45, 7) is 0. The fourth-order valence-corrected chi connectivity index (χ4v) is 2.04. The number of hydrogen-bond donors (Lipinski definition) is 4. The first-order valence-electron chi connectivity index (χ1n) is 4.86. The molecule has 0 aromatic rings. The first-order chi connectivity index (χ1) is 7.37. The average Bonchev–Trinajstić information content (AvgIpc) is 2.16. The third kappa shape index (κ3) is 2.38. The Morgan fingerprint density at radius 2 is 2.31 bits per heavy atom. The molecule has 8 heteroatoms. The van der Waals surface area contributed by atoms with Gasteiger partial charge in [0.2, 0.25) is 6.04 Å². The van der Waals surface area contributed by atoms with Crippen molar-refractivity contribution in [3.05, 3.63) is 10.1 Å². The first-order valence-corrected chi connectivity index (χ1v) is 4.86. The lowest BCUT2D eigenvalue weighted by Gasteiger charge is -2.34. The van der Waals surface area contributed by atoms with Crippen molar-refractivity contribution >= 4 is 11.9 Å². The molecule has 0 heterocycles. The molecule has 0 saturated heterocycles. The van der Waals surface area contributed by atoms with Gasteiger partial charge in [0.1, 0.15) is 5.54 Å². The summed E-state index contributed by atoms with van der Waals surface area (Å²) in [6.07, 6.45) is 0.890. The second-order valence-corrected chi connectivity index (χ2v) is 3.96. The van der Waals surface area contributed by atoms with Crippen LogP contribution in [0.25, 0.3) is 0 Å². The van der Waals surface area contributed by atoms with Crippen LogP contribution in [-0.4, -0.2) is 33.5 Å². The van der Waals surface area contributed by atoms with Crippen molar-refractivity contribution < 1.29 is 14.8 Å². The van der Waals surface area contributed by atoms with Gasteiger partial charge in [0.25, 0.3) is 0 Å². The predicted octanol–water partition coefficient (Wildman–Crippen LogP) is -0.488. The molecule has 0 aromatic heterocycles. The molecule has 0 aliphatic heterocycles. The van der Waals surface area contributed by atoms with Crippen molar-refractivity contribution in [2.75, 3.05) is 0 Å². The van der Waals surface area contributed by atoms with Gasteiger partial charge in [-0.2, -0.15) is 0 Å². The third-order valence-corrected chi connectivity index (χ3v) is 2.81. The molecule has 1 fully saturated rings. The summed E-state index contributed by atoms with van der Waals surface area (Å²) in [6, 6.07) is -0.892. The van der Waals surface area contributed by atoms with E-state index in [1.54, 1.807) is 0 Å². The van der Waals surface area contributed by atoms with Crippen molar-refractivity contribution in [3.8, 4) is 0 Å². The maximum absolute atomic E-state index is 11.1. The minimum Gasteiger partial charge on any atom is -0.480 e. The molecule has 0 radical (unpaired) electrons. The van der Waals surface area contributed by atoms with E-state index >= 15 is 0 Å². The first kappa shape index (κ1) is 12.2. The molecule has 2 atom stereocenters. The lowest BCUT2D eigenvalue weighted by Crippen LogP contribution is -2.60. The highest BCUT2D eigenvalue weighted by Crippen LogP contribution is 2.30. The molecule has 16 heavy (non-hydrogen) atoms. The normalized spacial score (nSPS) is 29.4. The minimum absolute atomic E-state index is 0.144. The van der Waals surface area contributed by atoms with Gasteiger partial charge in [-0.3, -0.25) is 15.5 Å². The number of carboxylic acids is 1. The highest BCUT2D eigenvalue weighted by molar-refractivity contribution is 5.86. The molecule has 0 amide bonds. The zero-order chi connectivity index (χ0) is 12.3. The Labute approximate surface area is 91.5 Å². The lowest BCUT2D eigenvalue weighted by atomic mass is 9.79. The summed E-state index contributed by atoms with van der Waals surface area (Å²) in [7, 11) is 0. The second-order valence-electron chi connectivity index (χ2n) is 3.96. The Bertz CT molecular complexity index is 332. The molecule has 1 rings (SSSR count). The van der Waals surface area contributed by atoms with Crippen LogP contribution in [0, 0.1) is 15.5 Å². The Morgan fingerprint density at radius 1 is 1.69 bits per heavy atom. The van der Waals surface area contributed by atoms with Crippen LogP contribution in [0.3, 0.4) is 0 Å². The highest BCUT2D eigenvalue weighted by Gasteiger charge is 2.47. The van der Waals surface area contributed by atoms with Crippen molar-refractivity contribution in [1.82, 2.24) is 5.32 Å². The van der Waals surface area contributed by atoms with E-state index in [1.165, 1.54) is 0 Å². The van der Waals surface area contributed by atoms with Gasteiger partial charge in [-0.05, 0) is 12.8 Å². The third-order valence-electron chi connectivity index (χ3n) is 2.81. The van der Waals surface area contributed by atoms with Crippen LogP contribution in [-0.2, 0) is 4.79 Å². The van der Waals surface area contributed by atoms with Gasteiger partial charge in [0.05, 0.1) is 0 Å². The van der Waals surface area contributed by atoms with E-state index in [0.717, 1.165) is 0 Å². The molecule has 8 nitrogen and oxygen atoms in total. The zero-order valence-corrected chi connectivity index (χ0v) is 8.60. The molecule has 0 bridgehead atoms. The summed E-state index contributed by atoms with van der Waals surface area (Å²) < 4.78 is 0. The molecule has 2 unspecified atom stereocenters. The maximum atomic E-state index is 11.1. The average molecular weight is 230 g/mol. The molecule has 5 N–H and O–H groups in total. The molecule has 90 valence electrons. The Kier molecular flexibility index (Phi) is 3.31. The largest absolute Gasteiger partial charge is 0.480 e. The fraction of sp³-hybridized carbons (Fsp3) is 0.750. The van der Waals surface area contributed by atoms with E-state index in [1.807, 2.05) is 0 Å². The molecule has 1 aliphatic carbocycles. The number of carbonyl (C=O) groups is 1. The van der Waals surface area contributed by atoms with E-state index in [0.29, 0.717) is 12.8 Å². The Balaban J connectivity index is 2.88. The van der Waals surface area contributed by atoms with Crippen molar-refractivity contribution in [2.45, 2.75) is 37.3 Å². The van der Waals surface area contributed by atoms with Crippen LogP contribution in [0.5, 0.6) is 0 Å². The molecule has 1 aliphatic rings. The maximum Gasteiger partial charge on any atom is 0.329 e. The number of nitro groups is 1. The minimum atomic E-state index is -1.47. The number of nitrogens with zero attached hydrogens (tertiary/aromatic N) is 1. The zero-order valence-electron chi connectivity index (χ0n) is 8.60. The number of nitrogens with one attached hydrogen (secondary N) is 2. The van der Waals surface area contributed by atoms with E-state index < -0.39 is 28.4 Å². The van der Waals surface area contributed by atoms with Gasteiger partial charge in [-0.15, -0.1) is 0 Å². The van der Waals surface area contributed by atoms with Gasteiger partial charge < -0.3 is 16.2 Å². The molecule has 0 spiro atoms.